The third kappa shape index (κ3) is 4.16. The first-order valence-corrected chi connectivity index (χ1v) is 12.2. The quantitative estimate of drug-likeness (QED) is 0.589. The number of nitrogens with zero attached hydrogens (tertiary/aromatic N) is 4. The second-order valence-electron chi connectivity index (χ2n) is 7.26. The summed E-state index contributed by atoms with van der Waals surface area (Å²) in [4.78, 5) is 19.4. The summed E-state index contributed by atoms with van der Waals surface area (Å²) in [6.45, 7) is 1.62. The van der Waals surface area contributed by atoms with E-state index in [1.807, 2.05) is 11.0 Å². The Morgan fingerprint density at radius 3 is 2.75 bits per heavy atom. The smallest absolute Gasteiger partial charge is 0.233 e. The van der Waals surface area contributed by atoms with Gasteiger partial charge in [0.2, 0.25) is 11.0 Å². The number of para-hydroxylation sites is 1. The summed E-state index contributed by atoms with van der Waals surface area (Å²) in [5.74, 6) is 1.09. The first kappa shape index (κ1) is 18.3. The number of carbonyl (C=O) groups excluding carboxylic acids is 1. The van der Waals surface area contributed by atoms with Crippen molar-refractivity contribution >= 4 is 55.7 Å². The Balaban J connectivity index is 1.12. The van der Waals surface area contributed by atoms with E-state index in [2.05, 4.69) is 33.7 Å². The lowest BCUT2D eigenvalue weighted by Gasteiger charge is -2.31. The first-order chi connectivity index (χ1) is 13.7. The highest BCUT2D eigenvalue weighted by atomic mass is 32.2. The van der Waals surface area contributed by atoms with Gasteiger partial charge >= 0.3 is 0 Å². The molecule has 1 aromatic carbocycles. The van der Waals surface area contributed by atoms with E-state index in [9.17, 15) is 4.79 Å². The zero-order valence-corrected chi connectivity index (χ0v) is 17.8. The fraction of sp³-hybridized carbons (Fsp3) is 0.474. The van der Waals surface area contributed by atoms with E-state index in [0.717, 1.165) is 40.9 Å². The number of benzene rings is 1. The van der Waals surface area contributed by atoms with Gasteiger partial charge in [0, 0.05) is 25.0 Å². The molecule has 9 heteroatoms. The SMILES string of the molecule is O=C(CSc1nnc(NC2CC2)s1)N1CCC(c2nc3ccccc3s2)CC1. The van der Waals surface area contributed by atoms with E-state index in [1.54, 1.807) is 22.7 Å². The van der Waals surface area contributed by atoms with Crippen molar-refractivity contribution in [3.05, 3.63) is 29.3 Å². The van der Waals surface area contributed by atoms with E-state index < -0.39 is 0 Å². The molecule has 0 unspecified atom stereocenters. The van der Waals surface area contributed by atoms with E-state index in [4.69, 9.17) is 4.98 Å². The number of aromatic nitrogens is 3. The zero-order chi connectivity index (χ0) is 18.9. The number of carbonyl (C=O) groups is 1. The second kappa shape index (κ2) is 7.96. The number of amides is 1. The molecule has 1 saturated heterocycles. The molecule has 1 amide bonds. The minimum absolute atomic E-state index is 0.194. The Hall–Kier alpha value is -1.71. The molecule has 0 spiro atoms. The lowest BCUT2D eigenvalue weighted by Crippen LogP contribution is -2.38. The minimum atomic E-state index is 0.194. The molecule has 3 aromatic rings. The van der Waals surface area contributed by atoms with Gasteiger partial charge < -0.3 is 10.2 Å². The molecule has 2 aromatic heterocycles. The van der Waals surface area contributed by atoms with Crippen molar-refractivity contribution < 1.29 is 4.79 Å². The van der Waals surface area contributed by atoms with Crippen molar-refractivity contribution in [2.75, 3.05) is 24.2 Å². The minimum Gasteiger partial charge on any atom is -0.357 e. The number of hydrogen-bond acceptors (Lipinski definition) is 8. The number of hydrogen-bond donors (Lipinski definition) is 1. The molecule has 146 valence electrons. The highest BCUT2D eigenvalue weighted by Crippen LogP contribution is 2.34. The molecule has 2 fully saturated rings. The van der Waals surface area contributed by atoms with Gasteiger partial charge in [0.25, 0.3) is 0 Å². The molecular weight excluding hydrogens is 410 g/mol. The van der Waals surface area contributed by atoms with Crippen LogP contribution in [0.2, 0.25) is 0 Å². The van der Waals surface area contributed by atoms with Crippen LogP contribution in [0.25, 0.3) is 10.2 Å². The summed E-state index contributed by atoms with van der Waals surface area (Å²) in [5.41, 5.74) is 1.09. The Morgan fingerprint density at radius 1 is 1.14 bits per heavy atom. The average Bonchev–Trinajstić information content (AvgIpc) is 3.25. The van der Waals surface area contributed by atoms with Gasteiger partial charge in [0.05, 0.1) is 21.0 Å². The van der Waals surface area contributed by atoms with Crippen molar-refractivity contribution in [2.24, 2.45) is 0 Å². The summed E-state index contributed by atoms with van der Waals surface area (Å²) in [7, 11) is 0. The van der Waals surface area contributed by atoms with Crippen LogP contribution in [0.1, 0.15) is 36.6 Å². The number of thioether (sulfide) groups is 1. The Bertz CT molecular complexity index is 942. The molecule has 1 saturated carbocycles. The lowest BCUT2D eigenvalue weighted by molar-refractivity contribution is -0.129. The summed E-state index contributed by atoms with van der Waals surface area (Å²) >= 11 is 4.83. The molecule has 28 heavy (non-hydrogen) atoms. The van der Waals surface area contributed by atoms with Crippen LogP contribution in [0, 0.1) is 0 Å². The molecule has 6 nitrogen and oxygen atoms in total. The molecule has 0 radical (unpaired) electrons. The van der Waals surface area contributed by atoms with Crippen LogP contribution in [0.5, 0.6) is 0 Å². The summed E-state index contributed by atoms with van der Waals surface area (Å²) < 4.78 is 2.11. The predicted molar refractivity (Wildman–Crippen MR) is 115 cm³/mol. The molecule has 2 aliphatic rings. The average molecular weight is 432 g/mol. The van der Waals surface area contributed by atoms with Gasteiger partial charge in [-0.15, -0.1) is 21.5 Å². The molecule has 0 bridgehead atoms. The summed E-state index contributed by atoms with van der Waals surface area (Å²) in [6, 6.07) is 8.87. The van der Waals surface area contributed by atoms with Crippen molar-refractivity contribution in [3.63, 3.8) is 0 Å². The van der Waals surface area contributed by atoms with Gasteiger partial charge in [-0.1, -0.05) is 35.2 Å². The van der Waals surface area contributed by atoms with E-state index in [0.29, 0.717) is 17.7 Å². The standard InChI is InChI=1S/C19H21N5OS3/c25-16(11-26-19-23-22-18(28-19)20-13-5-6-13)24-9-7-12(8-10-24)17-21-14-3-1-2-4-15(14)27-17/h1-4,12-13H,5-11H2,(H,20,22). The van der Waals surface area contributed by atoms with Crippen LogP contribution in [0.3, 0.4) is 0 Å². The van der Waals surface area contributed by atoms with E-state index in [-0.39, 0.29) is 5.91 Å². The van der Waals surface area contributed by atoms with Gasteiger partial charge in [-0.2, -0.15) is 0 Å². The zero-order valence-electron chi connectivity index (χ0n) is 15.3. The number of nitrogens with one attached hydrogen (secondary N) is 1. The van der Waals surface area contributed by atoms with Crippen molar-refractivity contribution in [1.29, 1.82) is 0 Å². The second-order valence-corrected chi connectivity index (χ2v) is 10.5. The van der Waals surface area contributed by atoms with Crippen LogP contribution in [0.4, 0.5) is 5.13 Å². The lowest BCUT2D eigenvalue weighted by atomic mass is 9.97. The maximum absolute atomic E-state index is 12.6. The van der Waals surface area contributed by atoms with Crippen LogP contribution in [-0.2, 0) is 4.79 Å². The predicted octanol–water partition coefficient (Wildman–Crippen LogP) is 4.22. The third-order valence-electron chi connectivity index (χ3n) is 5.14. The molecule has 1 aliphatic heterocycles. The number of anilines is 1. The highest BCUT2D eigenvalue weighted by molar-refractivity contribution is 8.01. The number of thiazole rings is 1. The molecule has 1 N–H and O–H groups in total. The fourth-order valence-electron chi connectivity index (χ4n) is 3.38. The molecular formula is C19H21N5OS3. The summed E-state index contributed by atoms with van der Waals surface area (Å²) in [6.07, 6.45) is 4.41. The highest BCUT2D eigenvalue weighted by Gasteiger charge is 2.26. The van der Waals surface area contributed by atoms with E-state index in [1.165, 1.54) is 34.3 Å². The molecule has 1 aliphatic carbocycles. The molecule has 0 atom stereocenters. The fourth-order valence-corrected chi connectivity index (χ4v) is 6.25. The largest absolute Gasteiger partial charge is 0.357 e. The normalized spacial score (nSPS) is 17.9. The molecule has 3 heterocycles. The Kier molecular flexibility index (Phi) is 5.21. The van der Waals surface area contributed by atoms with Crippen LogP contribution < -0.4 is 5.32 Å². The van der Waals surface area contributed by atoms with Gasteiger partial charge in [0.1, 0.15) is 0 Å². The van der Waals surface area contributed by atoms with Gasteiger partial charge in [-0.3, -0.25) is 4.79 Å². The number of rotatable bonds is 6. The number of piperidine rings is 1. The number of likely N-dealkylation sites (tertiary alicyclic amines) is 1. The first-order valence-electron chi connectivity index (χ1n) is 9.61. The van der Waals surface area contributed by atoms with Gasteiger partial charge in [0.15, 0.2) is 4.34 Å². The maximum atomic E-state index is 12.6. The monoisotopic (exact) mass is 431 g/mol. The van der Waals surface area contributed by atoms with Crippen LogP contribution in [-0.4, -0.2) is 50.9 Å². The Morgan fingerprint density at radius 2 is 1.96 bits per heavy atom. The van der Waals surface area contributed by atoms with Gasteiger partial charge in [-0.05, 0) is 37.8 Å². The van der Waals surface area contributed by atoms with Crippen LogP contribution >= 0.6 is 34.4 Å². The summed E-state index contributed by atoms with van der Waals surface area (Å²) in [5, 5.41) is 13.8. The molecule has 5 rings (SSSR count). The van der Waals surface area contributed by atoms with Crippen LogP contribution in [0.15, 0.2) is 28.6 Å². The maximum Gasteiger partial charge on any atom is 0.233 e. The Labute approximate surface area is 175 Å². The van der Waals surface area contributed by atoms with E-state index >= 15 is 0 Å². The van der Waals surface area contributed by atoms with Gasteiger partial charge in [-0.25, -0.2) is 4.98 Å². The van der Waals surface area contributed by atoms with Crippen molar-refractivity contribution in [3.8, 4) is 0 Å². The van der Waals surface area contributed by atoms with Crippen molar-refractivity contribution in [2.45, 2.75) is 42.0 Å². The number of fused-ring (bicyclic) bond motifs is 1. The topological polar surface area (TPSA) is 71.0 Å². The van der Waals surface area contributed by atoms with Crippen molar-refractivity contribution in [1.82, 2.24) is 20.1 Å². The third-order valence-corrected chi connectivity index (χ3v) is 8.31.